The lowest BCUT2D eigenvalue weighted by atomic mass is 10.1. The Balaban J connectivity index is 1.60. The molecule has 0 atom stereocenters. The van der Waals surface area contributed by atoms with Gasteiger partial charge in [0.25, 0.3) is 0 Å². The van der Waals surface area contributed by atoms with Crippen LogP contribution >= 0.6 is 0 Å². The average Bonchev–Trinajstić information content (AvgIpc) is 3.06. The van der Waals surface area contributed by atoms with Gasteiger partial charge < -0.3 is 10.1 Å². The third kappa shape index (κ3) is 4.20. The molecule has 0 aliphatic heterocycles. The molecule has 128 valence electrons. The van der Waals surface area contributed by atoms with E-state index in [4.69, 9.17) is 4.74 Å². The third-order valence-corrected chi connectivity index (χ3v) is 3.82. The predicted molar refractivity (Wildman–Crippen MR) is 94.2 cm³/mol. The van der Waals surface area contributed by atoms with Crippen LogP contribution < -0.4 is 10.1 Å². The summed E-state index contributed by atoms with van der Waals surface area (Å²) in [7, 11) is 3.41. The van der Waals surface area contributed by atoms with E-state index in [1.165, 1.54) is 0 Å². The summed E-state index contributed by atoms with van der Waals surface area (Å²) >= 11 is 0. The number of nitrogens with zero attached hydrogens (tertiary/aromatic N) is 4. The first kappa shape index (κ1) is 16.6. The fourth-order valence-electron chi connectivity index (χ4n) is 2.48. The Hall–Kier alpha value is -3.22. The van der Waals surface area contributed by atoms with Gasteiger partial charge in [-0.2, -0.15) is 0 Å². The van der Waals surface area contributed by atoms with Crippen LogP contribution in [0.15, 0.2) is 48.5 Å². The highest BCUT2D eigenvalue weighted by molar-refractivity contribution is 5.91. The van der Waals surface area contributed by atoms with Crippen molar-refractivity contribution in [3.63, 3.8) is 0 Å². The number of rotatable bonds is 6. The van der Waals surface area contributed by atoms with Crippen molar-refractivity contribution in [2.45, 2.75) is 12.8 Å². The summed E-state index contributed by atoms with van der Waals surface area (Å²) < 4.78 is 6.72. The molecule has 0 radical (unpaired) electrons. The minimum atomic E-state index is -0.0379. The molecule has 2 aromatic carbocycles. The number of aromatic nitrogens is 4. The Morgan fingerprint density at radius 2 is 2.00 bits per heavy atom. The van der Waals surface area contributed by atoms with Crippen LogP contribution in [0.2, 0.25) is 0 Å². The van der Waals surface area contributed by atoms with E-state index in [1.807, 2.05) is 48.5 Å². The van der Waals surface area contributed by atoms with E-state index in [1.54, 1.807) is 18.8 Å². The number of methoxy groups -OCH3 is 1. The second-order valence-electron chi connectivity index (χ2n) is 5.60. The zero-order chi connectivity index (χ0) is 17.6. The molecule has 1 heterocycles. The molecule has 0 aliphatic rings. The number of ether oxygens (including phenoxy) is 1. The smallest absolute Gasteiger partial charge is 0.224 e. The van der Waals surface area contributed by atoms with E-state index in [2.05, 4.69) is 20.8 Å². The number of tetrazole rings is 1. The van der Waals surface area contributed by atoms with Gasteiger partial charge in [-0.3, -0.25) is 4.79 Å². The molecule has 1 N–H and O–H groups in total. The molecule has 3 aromatic rings. The van der Waals surface area contributed by atoms with Crippen LogP contribution in [0.4, 0.5) is 5.69 Å². The van der Waals surface area contributed by atoms with Gasteiger partial charge in [-0.15, -0.1) is 5.10 Å². The number of hydrogen-bond acceptors (Lipinski definition) is 5. The minimum Gasteiger partial charge on any atom is -0.497 e. The van der Waals surface area contributed by atoms with E-state index >= 15 is 0 Å². The molecule has 0 saturated heterocycles. The van der Waals surface area contributed by atoms with Crippen molar-refractivity contribution in [1.29, 1.82) is 0 Å². The standard InChI is InChI=1S/C18H19N5O2/c1-23-18(20-21-22-23)14-4-3-5-15(12-14)19-17(24)11-8-13-6-9-16(25-2)10-7-13/h3-7,9-10,12H,8,11H2,1-2H3,(H,19,24). The maximum atomic E-state index is 12.2. The van der Waals surface area contributed by atoms with Gasteiger partial charge in [-0.05, 0) is 46.7 Å². The molecule has 0 aliphatic carbocycles. The van der Waals surface area contributed by atoms with Crippen molar-refractivity contribution in [3.8, 4) is 17.1 Å². The summed E-state index contributed by atoms with van der Waals surface area (Å²) in [4.78, 5) is 12.2. The number of benzene rings is 2. The fraction of sp³-hybridized carbons (Fsp3) is 0.222. The van der Waals surface area contributed by atoms with Gasteiger partial charge >= 0.3 is 0 Å². The Morgan fingerprint density at radius 1 is 1.20 bits per heavy atom. The van der Waals surface area contributed by atoms with Gasteiger partial charge in [0.05, 0.1) is 7.11 Å². The first-order valence-electron chi connectivity index (χ1n) is 7.91. The summed E-state index contributed by atoms with van der Waals surface area (Å²) in [5.74, 6) is 1.42. The number of carbonyl (C=O) groups is 1. The second kappa shape index (κ2) is 7.57. The molecule has 3 rings (SSSR count). The van der Waals surface area contributed by atoms with Crippen LogP contribution in [-0.2, 0) is 18.3 Å². The first-order chi connectivity index (χ1) is 12.2. The van der Waals surface area contributed by atoms with Gasteiger partial charge in [0.2, 0.25) is 5.91 Å². The van der Waals surface area contributed by atoms with Gasteiger partial charge in [0.15, 0.2) is 5.82 Å². The fourth-order valence-corrected chi connectivity index (χ4v) is 2.48. The Kier molecular flexibility index (Phi) is 5.03. The lowest BCUT2D eigenvalue weighted by Gasteiger charge is -2.07. The van der Waals surface area contributed by atoms with Crippen molar-refractivity contribution >= 4 is 11.6 Å². The van der Waals surface area contributed by atoms with Crippen LogP contribution in [0.3, 0.4) is 0 Å². The van der Waals surface area contributed by atoms with Gasteiger partial charge in [0, 0.05) is 24.7 Å². The van der Waals surface area contributed by atoms with Crippen molar-refractivity contribution in [3.05, 3.63) is 54.1 Å². The summed E-state index contributed by atoms with van der Waals surface area (Å²) in [5, 5.41) is 14.3. The summed E-state index contributed by atoms with van der Waals surface area (Å²) in [6.45, 7) is 0. The monoisotopic (exact) mass is 337 g/mol. The number of nitrogens with one attached hydrogen (secondary N) is 1. The number of hydrogen-bond donors (Lipinski definition) is 1. The van der Waals surface area contributed by atoms with E-state index in [-0.39, 0.29) is 5.91 Å². The zero-order valence-electron chi connectivity index (χ0n) is 14.1. The minimum absolute atomic E-state index is 0.0379. The van der Waals surface area contributed by atoms with Crippen LogP contribution in [-0.4, -0.2) is 33.2 Å². The van der Waals surface area contributed by atoms with E-state index in [0.717, 1.165) is 22.6 Å². The molecule has 1 amide bonds. The highest BCUT2D eigenvalue weighted by atomic mass is 16.5. The number of aryl methyl sites for hydroxylation is 2. The van der Waals surface area contributed by atoms with E-state index in [9.17, 15) is 4.79 Å². The van der Waals surface area contributed by atoms with Crippen LogP contribution in [0.1, 0.15) is 12.0 Å². The SMILES string of the molecule is COc1ccc(CCC(=O)Nc2cccc(-c3nnnn3C)c2)cc1. The number of amides is 1. The summed E-state index contributed by atoms with van der Waals surface area (Å²) in [5.41, 5.74) is 2.66. The Morgan fingerprint density at radius 3 is 2.68 bits per heavy atom. The average molecular weight is 337 g/mol. The molecule has 7 heteroatoms. The maximum Gasteiger partial charge on any atom is 0.224 e. The Labute approximate surface area is 145 Å². The van der Waals surface area contributed by atoms with E-state index < -0.39 is 0 Å². The molecular weight excluding hydrogens is 318 g/mol. The second-order valence-corrected chi connectivity index (χ2v) is 5.60. The van der Waals surface area contributed by atoms with Crippen LogP contribution in [0.25, 0.3) is 11.4 Å². The largest absolute Gasteiger partial charge is 0.497 e. The molecule has 7 nitrogen and oxygen atoms in total. The van der Waals surface area contributed by atoms with Crippen molar-refractivity contribution in [2.24, 2.45) is 7.05 Å². The highest BCUT2D eigenvalue weighted by Crippen LogP contribution is 2.20. The first-order valence-corrected chi connectivity index (χ1v) is 7.91. The maximum absolute atomic E-state index is 12.2. The topological polar surface area (TPSA) is 81.9 Å². The van der Waals surface area contributed by atoms with Gasteiger partial charge in [0.1, 0.15) is 5.75 Å². The highest BCUT2D eigenvalue weighted by Gasteiger charge is 2.08. The van der Waals surface area contributed by atoms with Gasteiger partial charge in [-0.1, -0.05) is 24.3 Å². The molecule has 1 aromatic heterocycles. The lowest BCUT2D eigenvalue weighted by molar-refractivity contribution is -0.116. The van der Waals surface area contributed by atoms with Crippen molar-refractivity contribution in [1.82, 2.24) is 20.2 Å². The normalized spacial score (nSPS) is 10.5. The van der Waals surface area contributed by atoms with Crippen LogP contribution in [0.5, 0.6) is 5.75 Å². The number of carbonyl (C=O) groups excluding carboxylic acids is 1. The third-order valence-electron chi connectivity index (χ3n) is 3.82. The predicted octanol–water partition coefficient (Wildman–Crippen LogP) is 2.46. The van der Waals surface area contributed by atoms with Crippen molar-refractivity contribution < 1.29 is 9.53 Å². The molecular formula is C18H19N5O2. The molecule has 0 bridgehead atoms. The van der Waals surface area contributed by atoms with Crippen molar-refractivity contribution in [2.75, 3.05) is 12.4 Å². The molecule has 0 fully saturated rings. The van der Waals surface area contributed by atoms with Gasteiger partial charge in [-0.25, -0.2) is 4.68 Å². The van der Waals surface area contributed by atoms with Crippen LogP contribution in [0, 0.1) is 0 Å². The quantitative estimate of drug-likeness (QED) is 0.747. The molecule has 25 heavy (non-hydrogen) atoms. The summed E-state index contributed by atoms with van der Waals surface area (Å²) in [6.07, 6.45) is 1.07. The Bertz CT molecular complexity index is 858. The molecule has 0 unspecified atom stereocenters. The van der Waals surface area contributed by atoms with E-state index in [0.29, 0.717) is 18.7 Å². The molecule has 0 spiro atoms. The summed E-state index contributed by atoms with van der Waals surface area (Å²) in [6, 6.07) is 15.2. The lowest BCUT2D eigenvalue weighted by Crippen LogP contribution is -2.12. The zero-order valence-corrected chi connectivity index (χ0v) is 14.1. The number of anilines is 1. The molecule has 0 saturated carbocycles.